The SMILES string of the molecule is COc1ccc(/C=C2/NC(=S)N(c3cn(C)nc3C)C2=O)cc1COc1ccccc1Cl. The monoisotopic (exact) mass is 468 g/mol. The number of anilines is 1. The van der Waals surface area contributed by atoms with Gasteiger partial charge in [0.2, 0.25) is 0 Å². The van der Waals surface area contributed by atoms with E-state index in [0.29, 0.717) is 33.0 Å². The third kappa shape index (κ3) is 4.32. The van der Waals surface area contributed by atoms with Crippen LogP contribution in [0.25, 0.3) is 6.08 Å². The van der Waals surface area contributed by atoms with Gasteiger partial charge in [0.15, 0.2) is 5.11 Å². The van der Waals surface area contributed by atoms with Gasteiger partial charge >= 0.3 is 0 Å². The topological polar surface area (TPSA) is 68.6 Å². The Bertz CT molecular complexity index is 1240. The van der Waals surface area contributed by atoms with Gasteiger partial charge in [0.05, 0.1) is 23.5 Å². The van der Waals surface area contributed by atoms with Crippen LogP contribution in [0.2, 0.25) is 5.02 Å². The third-order valence-corrected chi connectivity index (χ3v) is 5.54. The van der Waals surface area contributed by atoms with E-state index in [0.717, 1.165) is 16.8 Å². The van der Waals surface area contributed by atoms with Crippen LogP contribution in [0.1, 0.15) is 16.8 Å². The highest BCUT2D eigenvalue weighted by molar-refractivity contribution is 7.80. The van der Waals surface area contributed by atoms with E-state index in [2.05, 4.69) is 10.4 Å². The number of hydrogen-bond donors (Lipinski definition) is 1. The van der Waals surface area contributed by atoms with Gasteiger partial charge < -0.3 is 14.8 Å². The molecule has 4 rings (SSSR count). The highest BCUT2D eigenvalue weighted by Gasteiger charge is 2.33. The Hall–Kier alpha value is -3.36. The van der Waals surface area contributed by atoms with Gasteiger partial charge in [-0.1, -0.05) is 29.8 Å². The van der Waals surface area contributed by atoms with Gasteiger partial charge in [-0.2, -0.15) is 5.10 Å². The quantitative estimate of drug-likeness (QED) is 0.431. The number of aromatic nitrogens is 2. The van der Waals surface area contributed by atoms with Gasteiger partial charge in [0, 0.05) is 18.8 Å². The van der Waals surface area contributed by atoms with E-state index in [1.165, 1.54) is 4.90 Å². The van der Waals surface area contributed by atoms with E-state index >= 15 is 0 Å². The zero-order valence-corrected chi connectivity index (χ0v) is 19.3. The number of halogens is 1. The molecule has 0 unspecified atom stereocenters. The first-order valence-electron chi connectivity index (χ1n) is 9.79. The lowest BCUT2D eigenvalue weighted by Crippen LogP contribution is -2.30. The Morgan fingerprint density at radius 2 is 2.00 bits per heavy atom. The van der Waals surface area contributed by atoms with Gasteiger partial charge in [-0.05, 0) is 55.0 Å². The van der Waals surface area contributed by atoms with Crippen molar-refractivity contribution in [1.82, 2.24) is 15.1 Å². The van der Waals surface area contributed by atoms with Crippen molar-refractivity contribution >= 4 is 46.6 Å². The smallest absolute Gasteiger partial charge is 0.281 e. The highest BCUT2D eigenvalue weighted by atomic mass is 35.5. The Morgan fingerprint density at radius 1 is 1.22 bits per heavy atom. The molecular weight excluding hydrogens is 448 g/mol. The van der Waals surface area contributed by atoms with E-state index in [1.54, 1.807) is 43.2 Å². The van der Waals surface area contributed by atoms with Crippen LogP contribution in [0.5, 0.6) is 11.5 Å². The molecule has 0 radical (unpaired) electrons. The number of nitrogens with zero attached hydrogens (tertiary/aromatic N) is 3. The Morgan fingerprint density at radius 3 is 2.69 bits per heavy atom. The maximum absolute atomic E-state index is 13.0. The number of nitrogens with one attached hydrogen (secondary N) is 1. The standard InChI is InChI=1S/C23H21ClN4O3S/c1-14-19(12-27(2)26-14)28-22(29)18(25-23(28)32)11-15-8-9-20(30-3)16(10-15)13-31-21-7-5-4-6-17(21)24/h4-12H,13H2,1-3H3,(H,25,32)/b18-11+. The number of benzene rings is 2. The van der Waals surface area contributed by atoms with E-state index in [9.17, 15) is 4.79 Å². The molecule has 32 heavy (non-hydrogen) atoms. The molecule has 164 valence electrons. The minimum atomic E-state index is -0.240. The summed E-state index contributed by atoms with van der Waals surface area (Å²) < 4.78 is 13.0. The highest BCUT2D eigenvalue weighted by Crippen LogP contribution is 2.28. The Labute approximate surface area is 196 Å². The minimum Gasteiger partial charge on any atom is -0.496 e. The van der Waals surface area contributed by atoms with E-state index < -0.39 is 0 Å². The van der Waals surface area contributed by atoms with Crippen LogP contribution in [0.3, 0.4) is 0 Å². The first-order valence-corrected chi connectivity index (χ1v) is 10.6. The number of thiocarbonyl (C=S) groups is 1. The second-order valence-electron chi connectivity index (χ2n) is 7.19. The number of ether oxygens (including phenoxy) is 2. The van der Waals surface area contributed by atoms with Crippen LogP contribution in [0.4, 0.5) is 5.69 Å². The Kier molecular flexibility index (Phi) is 6.16. The summed E-state index contributed by atoms with van der Waals surface area (Å²) in [5.41, 5.74) is 3.36. The molecule has 0 saturated carbocycles. The molecule has 1 N–H and O–H groups in total. The molecule has 1 amide bonds. The normalized spacial score (nSPS) is 14.8. The summed E-state index contributed by atoms with van der Waals surface area (Å²) in [5, 5.41) is 8.14. The van der Waals surface area contributed by atoms with Crippen LogP contribution in [-0.4, -0.2) is 27.9 Å². The lowest BCUT2D eigenvalue weighted by molar-refractivity contribution is -0.113. The summed E-state index contributed by atoms with van der Waals surface area (Å²) >= 11 is 11.6. The number of carbonyl (C=O) groups is 1. The molecule has 3 aromatic rings. The van der Waals surface area contributed by atoms with Crippen molar-refractivity contribution in [2.75, 3.05) is 12.0 Å². The summed E-state index contributed by atoms with van der Waals surface area (Å²) in [6.07, 6.45) is 3.51. The molecule has 1 saturated heterocycles. The average Bonchev–Trinajstić information content (AvgIpc) is 3.23. The molecule has 0 atom stereocenters. The lowest BCUT2D eigenvalue weighted by Gasteiger charge is -2.12. The summed E-state index contributed by atoms with van der Waals surface area (Å²) in [5.74, 6) is 1.02. The summed E-state index contributed by atoms with van der Waals surface area (Å²) in [6, 6.07) is 12.9. The average molecular weight is 469 g/mol. The molecule has 1 aromatic heterocycles. The van der Waals surface area contributed by atoms with Crippen LogP contribution >= 0.6 is 23.8 Å². The second kappa shape index (κ2) is 9.02. The maximum atomic E-state index is 13.0. The van der Waals surface area contributed by atoms with E-state index in [1.807, 2.05) is 37.3 Å². The number of rotatable bonds is 6. The zero-order valence-electron chi connectivity index (χ0n) is 17.8. The van der Waals surface area contributed by atoms with Crippen molar-refractivity contribution in [1.29, 1.82) is 0 Å². The van der Waals surface area contributed by atoms with Crippen LogP contribution < -0.4 is 19.7 Å². The van der Waals surface area contributed by atoms with Crippen molar-refractivity contribution < 1.29 is 14.3 Å². The molecule has 9 heteroatoms. The van der Waals surface area contributed by atoms with Crippen molar-refractivity contribution in [2.24, 2.45) is 7.05 Å². The zero-order chi connectivity index (χ0) is 22.8. The predicted molar refractivity (Wildman–Crippen MR) is 128 cm³/mol. The van der Waals surface area contributed by atoms with Gasteiger partial charge in [-0.15, -0.1) is 0 Å². The molecule has 0 bridgehead atoms. The Balaban J connectivity index is 1.59. The number of hydrogen-bond acceptors (Lipinski definition) is 5. The second-order valence-corrected chi connectivity index (χ2v) is 7.99. The molecule has 1 aliphatic rings. The summed E-state index contributed by atoms with van der Waals surface area (Å²) in [4.78, 5) is 14.5. The lowest BCUT2D eigenvalue weighted by atomic mass is 10.1. The largest absolute Gasteiger partial charge is 0.496 e. The van der Waals surface area contributed by atoms with Gasteiger partial charge in [0.25, 0.3) is 5.91 Å². The van der Waals surface area contributed by atoms with E-state index in [4.69, 9.17) is 33.3 Å². The van der Waals surface area contributed by atoms with Crippen molar-refractivity contribution in [3.8, 4) is 11.5 Å². The number of amides is 1. The van der Waals surface area contributed by atoms with Gasteiger partial charge in [-0.25, -0.2) is 4.90 Å². The molecule has 2 aromatic carbocycles. The number of para-hydroxylation sites is 1. The van der Waals surface area contributed by atoms with Crippen molar-refractivity contribution in [3.63, 3.8) is 0 Å². The van der Waals surface area contributed by atoms with Crippen molar-refractivity contribution in [3.05, 3.63) is 76.2 Å². The van der Waals surface area contributed by atoms with Crippen LogP contribution in [-0.2, 0) is 18.4 Å². The number of carbonyl (C=O) groups excluding carboxylic acids is 1. The molecule has 1 fully saturated rings. The number of aryl methyl sites for hydroxylation is 2. The molecule has 0 aliphatic carbocycles. The molecule has 2 heterocycles. The molecular formula is C23H21ClN4O3S. The van der Waals surface area contributed by atoms with Crippen molar-refractivity contribution in [2.45, 2.75) is 13.5 Å². The fourth-order valence-corrected chi connectivity index (χ4v) is 3.93. The van der Waals surface area contributed by atoms with Crippen LogP contribution in [0, 0.1) is 6.92 Å². The van der Waals surface area contributed by atoms with Gasteiger partial charge in [0.1, 0.15) is 23.8 Å². The number of methoxy groups -OCH3 is 1. The van der Waals surface area contributed by atoms with Gasteiger partial charge in [-0.3, -0.25) is 9.48 Å². The molecule has 7 nitrogen and oxygen atoms in total. The fourth-order valence-electron chi connectivity index (χ4n) is 3.45. The third-order valence-electron chi connectivity index (χ3n) is 4.94. The first-order chi connectivity index (χ1) is 15.4. The summed E-state index contributed by atoms with van der Waals surface area (Å²) in [7, 11) is 3.40. The minimum absolute atomic E-state index is 0.240. The molecule has 1 aliphatic heterocycles. The first kappa shape index (κ1) is 21.9. The molecule has 0 spiro atoms. The predicted octanol–water partition coefficient (Wildman–Crippen LogP) is 4.23. The fraction of sp³-hybridized carbons (Fsp3) is 0.174. The van der Waals surface area contributed by atoms with E-state index in [-0.39, 0.29) is 12.5 Å². The maximum Gasteiger partial charge on any atom is 0.281 e. The summed E-state index contributed by atoms with van der Waals surface area (Å²) in [6.45, 7) is 2.09. The van der Waals surface area contributed by atoms with Crippen LogP contribution in [0.15, 0.2) is 54.4 Å².